The lowest BCUT2D eigenvalue weighted by molar-refractivity contribution is 0.624. The van der Waals surface area contributed by atoms with Gasteiger partial charge in [0.1, 0.15) is 0 Å². The summed E-state index contributed by atoms with van der Waals surface area (Å²) in [5, 5.41) is 3.37. The van der Waals surface area contributed by atoms with Crippen LogP contribution in [-0.4, -0.2) is 16.5 Å². The van der Waals surface area contributed by atoms with Crippen LogP contribution in [0.25, 0.3) is 0 Å². The molecule has 2 heterocycles. The molecule has 1 N–H and O–H groups in total. The van der Waals surface area contributed by atoms with E-state index in [1.54, 1.807) is 12.4 Å². The van der Waals surface area contributed by atoms with Crippen LogP contribution >= 0.6 is 0 Å². The zero-order valence-corrected chi connectivity index (χ0v) is 6.33. The molecule has 2 rings (SSSR count). The second-order valence-corrected chi connectivity index (χ2v) is 2.78. The van der Waals surface area contributed by atoms with Crippen LogP contribution in [0.4, 0.5) is 0 Å². The molecule has 0 radical (unpaired) electrons. The van der Waals surface area contributed by atoms with Crippen LogP contribution < -0.4 is 5.32 Å². The number of nitrogens with one attached hydrogen (secondary N) is 1. The van der Waals surface area contributed by atoms with Gasteiger partial charge in [-0.1, -0.05) is 0 Å². The molecule has 0 aromatic carbocycles. The van der Waals surface area contributed by atoms with Crippen molar-refractivity contribution in [3.63, 3.8) is 0 Å². The predicted octanol–water partition coefficient (Wildman–Crippen LogP) is 0.901. The number of rotatable bonds is 1. The monoisotopic (exact) mass is 149 g/mol. The lowest BCUT2D eigenvalue weighted by Crippen LogP contribution is -2.14. The summed E-state index contributed by atoms with van der Waals surface area (Å²) in [6.45, 7) is 1.11. The molecular weight excluding hydrogens is 138 g/mol. The second kappa shape index (κ2) is 2.96. The van der Waals surface area contributed by atoms with Gasteiger partial charge in [0.15, 0.2) is 0 Å². The fourth-order valence-electron chi connectivity index (χ4n) is 1.43. The number of hydrogen-bond acceptors (Lipinski definition) is 3. The smallest absolute Gasteiger partial charge is 0.0756 e. The summed E-state index contributed by atoms with van der Waals surface area (Å²) in [6.07, 6.45) is 7.73. The van der Waals surface area contributed by atoms with Crippen LogP contribution in [0.15, 0.2) is 18.6 Å². The Morgan fingerprint density at radius 2 is 2.45 bits per heavy atom. The molecule has 11 heavy (non-hydrogen) atoms. The zero-order valence-electron chi connectivity index (χ0n) is 6.33. The van der Waals surface area contributed by atoms with Gasteiger partial charge in [-0.3, -0.25) is 9.97 Å². The molecule has 0 aliphatic carbocycles. The van der Waals surface area contributed by atoms with E-state index in [1.807, 2.05) is 6.20 Å². The van der Waals surface area contributed by atoms with E-state index in [4.69, 9.17) is 0 Å². The van der Waals surface area contributed by atoms with Crippen molar-refractivity contribution in [3.05, 3.63) is 24.3 Å². The standard InChI is InChI=1S/C8H11N3/c1-2-7(10-3-1)8-6-9-4-5-11-8/h4-7,10H,1-3H2/t7-/m1/s1. The summed E-state index contributed by atoms with van der Waals surface area (Å²) >= 11 is 0. The summed E-state index contributed by atoms with van der Waals surface area (Å²) in [4.78, 5) is 8.26. The summed E-state index contributed by atoms with van der Waals surface area (Å²) in [5.74, 6) is 0. The first-order valence-electron chi connectivity index (χ1n) is 3.96. The predicted molar refractivity (Wildman–Crippen MR) is 42.0 cm³/mol. The Bertz CT molecular complexity index is 216. The van der Waals surface area contributed by atoms with Gasteiger partial charge in [0.25, 0.3) is 0 Å². The lowest BCUT2D eigenvalue weighted by Gasteiger charge is -2.06. The molecule has 1 aromatic rings. The summed E-state index contributed by atoms with van der Waals surface area (Å²) < 4.78 is 0. The first kappa shape index (κ1) is 6.73. The van der Waals surface area contributed by atoms with E-state index in [0.29, 0.717) is 6.04 Å². The Balaban J connectivity index is 2.16. The minimum absolute atomic E-state index is 0.448. The van der Waals surface area contributed by atoms with Gasteiger partial charge in [-0.2, -0.15) is 0 Å². The first-order chi connectivity index (χ1) is 5.47. The molecule has 0 spiro atoms. The topological polar surface area (TPSA) is 37.8 Å². The molecular formula is C8H11N3. The van der Waals surface area contributed by atoms with Crippen LogP contribution in [0.5, 0.6) is 0 Å². The van der Waals surface area contributed by atoms with Gasteiger partial charge < -0.3 is 5.32 Å². The Kier molecular flexibility index (Phi) is 1.81. The molecule has 1 fully saturated rings. The van der Waals surface area contributed by atoms with E-state index in [9.17, 15) is 0 Å². The molecule has 58 valence electrons. The van der Waals surface area contributed by atoms with E-state index in [2.05, 4.69) is 15.3 Å². The Hall–Kier alpha value is -0.960. The fourth-order valence-corrected chi connectivity index (χ4v) is 1.43. The molecule has 0 saturated carbocycles. The van der Waals surface area contributed by atoms with E-state index in [1.165, 1.54) is 12.8 Å². The van der Waals surface area contributed by atoms with E-state index < -0.39 is 0 Å². The highest BCUT2D eigenvalue weighted by molar-refractivity contribution is 5.03. The quantitative estimate of drug-likeness (QED) is 0.644. The van der Waals surface area contributed by atoms with E-state index in [-0.39, 0.29) is 0 Å². The van der Waals surface area contributed by atoms with Crippen LogP contribution in [0.2, 0.25) is 0 Å². The normalized spacial score (nSPS) is 23.8. The molecule has 1 saturated heterocycles. The Morgan fingerprint density at radius 1 is 1.45 bits per heavy atom. The Morgan fingerprint density at radius 3 is 3.09 bits per heavy atom. The van der Waals surface area contributed by atoms with Crippen molar-refractivity contribution in [2.24, 2.45) is 0 Å². The number of hydrogen-bond donors (Lipinski definition) is 1. The van der Waals surface area contributed by atoms with Gasteiger partial charge in [0, 0.05) is 18.6 Å². The van der Waals surface area contributed by atoms with Crippen LogP contribution in [0.3, 0.4) is 0 Å². The first-order valence-corrected chi connectivity index (χ1v) is 3.96. The SMILES string of the molecule is c1cnc([C@H]2CCCN2)cn1. The Labute approximate surface area is 65.9 Å². The summed E-state index contributed by atoms with van der Waals surface area (Å²) in [7, 11) is 0. The fraction of sp³-hybridized carbons (Fsp3) is 0.500. The zero-order chi connectivity index (χ0) is 7.52. The van der Waals surface area contributed by atoms with Gasteiger partial charge in [0.2, 0.25) is 0 Å². The molecule has 1 aliphatic heterocycles. The van der Waals surface area contributed by atoms with Gasteiger partial charge in [0.05, 0.1) is 11.7 Å². The maximum atomic E-state index is 4.24. The molecule has 0 unspecified atom stereocenters. The van der Waals surface area contributed by atoms with E-state index >= 15 is 0 Å². The largest absolute Gasteiger partial charge is 0.309 e. The maximum Gasteiger partial charge on any atom is 0.0756 e. The molecule has 1 aliphatic rings. The third-order valence-electron chi connectivity index (χ3n) is 2.00. The lowest BCUT2D eigenvalue weighted by atomic mass is 10.2. The third-order valence-corrected chi connectivity index (χ3v) is 2.00. The number of aromatic nitrogens is 2. The van der Waals surface area contributed by atoms with Gasteiger partial charge in [-0.05, 0) is 19.4 Å². The molecule has 0 bridgehead atoms. The highest BCUT2D eigenvalue weighted by Gasteiger charge is 2.16. The summed E-state index contributed by atoms with van der Waals surface area (Å²) in [6, 6.07) is 0.448. The second-order valence-electron chi connectivity index (χ2n) is 2.78. The third kappa shape index (κ3) is 1.38. The van der Waals surface area contributed by atoms with Crippen molar-refractivity contribution in [3.8, 4) is 0 Å². The minimum atomic E-state index is 0.448. The van der Waals surface area contributed by atoms with Crippen molar-refractivity contribution in [2.75, 3.05) is 6.54 Å². The molecule has 3 heteroatoms. The van der Waals surface area contributed by atoms with Crippen molar-refractivity contribution >= 4 is 0 Å². The van der Waals surface area contributed by atoms with Crippen LogP contribution in [0, 0.1) is 0 Å². The van der Waals surface area contributed by atoms with Gasteiger partial charge in [-0.25, -0.2) is 0 Å². The average molecular weight is 149 g/mol. The van der Waals surface area contributed by atoms with Gasteiger partial charge >= 0.3 is 0 Å². The molecule has 3 nitrogen and oxygen atoms in total. The van der Waals surface area contributed by atoms with Crippen LogP contribution in [-0.2, 0) is 0 Å². The van der Waals surface area contributed by atoms with Crippen molar-refractivity contribution in [1.29, 1.82) is 0 Å². The van der Waals surface area contributed by atoms with Crippen molar-refractivity contribution in [1.82, 2.24) is 15.3 Å². The van der Waals surface area contributed by atoms with E-state index in [0.717, 1.165) is 12.2 Å². The van der Waals surface area contributed by atoms with Gasteiger partial charge in [-0.15, -0.1) is 0 Å². The highest BCUT2D eigenvalue weighted by Crippen LogP contribution is 2.19. The molecule has 1 atom stereocenters. The number of nitrogens with zero attached hydrogens (tertiary/aromatic N) is 2. The molecule has 1 aromatic heterocycles. The average Bonchev–Trinajstić information content (AvgIpc) is 2.58. The minimum Gasteiger partial charge on any atom is -0.309 e. The maximum absolute atomic E-state index is 4.24. The van der Waals surface area contributed by atoms with Crippen LogP contribution in [0.1, 0.15) is 24.6 Å². The van der Waals surface area contributed by atoms with Crippen molar-refractivity contribution in [2.45, 2.75) is 18.9 Å². The molecule has 0 amide bonds. The van der Waals surface area contributed by atoms with Crippen molar-refractivity contribution < 1.29 is 0 Å². The highest BCUT2D eigenvalue weighted by atomic mass is 15.0. The summed E-state index contributed by atoms with van der Waals surface area (Å²) in [5.41, 5.74) is 1.07.